The van der Waals surface area contributed by atoms with Crippen LogP contribution >= 0.6 is 0 Å². The Labute approximate surface area is 176 Å². The molecule has 0 bridgehead atoms. The van der Waals surface area contributed by atoms with E-state index in [2.05, 4.69) is 5.32 Å². The minimum atomic E-state index is -1.02. The fraction of sp³-hybridized carbons (Fsp3) is 0.200. The Morgan fingerprint density at radius 3 is 2.30 bits per heavy atom. The van der Waals surface area contributed by atoms with Crippen molar-refractivity contribution in [2.24, 2.45) is 0 Å². The summed E-state index contributed by atoms with van der Waals surface area (Å²) in [6.45, 7) is 7.94. The maximum absolute atomic E-state index is 13.1. The molecule has 1 amide bonds. The molecule has 2 N–H and O–H groups in total. The van der Waals surface area contributed by atoms with Gasteiger partial charge in [0.25, 0.3) is 5.91 Å². The largest absolute Gasteiger partial charge is 0.494 e. The van der Waals surface area contributed by atoms with Crippen LogP contribution in [0.4, 0.5) is 5.69 Å². The van der Waals surface area contributed by atoms with Crippen molar-refractivity contribution in [3.8, 4) is 16.9 Å². The zero-order chi connectivity index (χ0) is 21.8. The van der Waals surface area contributed by atoms with Crippen LogP contribution in [-0.2, 0) is 0 Å². The number of amides is 1. The highest BCUT2D eigenvalue weighted by molar-refractivity contribution is 6.07. The highest BCUT2D eigenvalue weighted by atomic mass is 16.5. The molecular weight excluding hydrogens is 378 g/mol. The highest BCUT2D eigenvalue weighted by Crippen LogP contribution is 2.28. The minimum absolute atomic E-state index is 0.175. The number of rotatable bonds is 6. The number of carboxylic acids is 1. The lowest BCUT2D eigenvalue weighted by atomic mass is 9.98. The second-order valence-corrected chi connectivity index (χ2v) is 7.18. The van der Waals surface area contributed by atoms with E-state index in [9.17, 15) is 14.7 Å². The number of aryl methyl sites for hydroxylation is 2. The van der Waals surface area contributed by atoms with Crippen molar-refractivity contribution >= 4 is 17.6 Å². The monoisotopic (exact) mass is 403 g/mol. The third kappa shape index (κ3) is 4.35. The van der Waals surface area contributed by atoms with Crippen LogP contribution in [-0.4, -0.2) is 23.6 Å². The van der Waals surface area contributed by atoms with Gasteiger partial charge >= 0.3 is 5.97 Å². The molecular formula is C25H25NO4. The third-order valence-electron chi connectivity index (χ3n) is 5.10. The van der Waals surface area contributed by atoms with E-state index in [4.69, 9.17) is 4.74 Å². The first-order valence-electron chi connectivity index (χ1n) is 9.80. The molecule has 0 spiro atoms. The normalized spacial score (nSPS) is 10.5. The predicted molar refractivity (Wildman–Crippen MR) is 119 cm³/mol. The first-order chi connectivity index (χ1) is 14.3. The number of carbonyl (C=O) groups is 2. The average Bonchev–Trinajstić information content (AvgIpc) is 2.71. The summed E-state index contributed by atoms with van der Waals surface area (Å²) in [5.74, 6) is -0.516. The van der Waals surface area contributed by atoms with E-state index >= 15 is 0 Å². The smallest absolute Gasteiger partial charge is 0.336 e. The molecule has 30 heavy (non-hydrogen) atoms. The predicted octanol–water partition coefficient (Wildman–Crippen LogP) is 5.63. The topological polar surface area (TPSA) is 75.6 Å². The maximum Gasteiger partial charge on any atom is 0.336 e. The number of hydrogen-bond acceptors (Lipinski definition) is 3. The number of carboxylic acid groups (broad SMARTS) is 1. The number of ether oxygens (including phenoxy) is 1. The Balaban J connectivity index is 1.96. The van der Waals surface area contributed by atoms with Gasteiger partial charge in [0.15, 0.2) is 0 Å². The maximum atomic E-state index is 13.1. The van der Waals surface area contributed by atoms with Crippen LogP contribution in [0.15, 0.2) is 54.6 Å². The van der Waals surface area contributed by atoms with E-state index < -0.39 is 5.97 Å². The fourth-order valence-corrected chi connectivity index (χ4v) is 3.43. The summed E-state index contributed by atoms with van der Waals surface area (Å²) >= 11 is 0. The van der Waals surface area contributed by atoms with Crippen LogP contribution in [0.2, 0.25) is 0 Å². The Morgan fingerprint density at radius 2 is 1.60 bits per heavy atom. The van der Waals surface area contributed by atoms with Gasteiger partial charge in [-0.2, -0.15) is 0 Å². The first-order valence-corrected chi connectivity index (χ1v) is 9.80. The molecule has 5 heteroatoms. The third-order valence-corrected chi connectivity index (χ3v) is 5.10. The number of anilines is 1. The summed E-state index contributed by atoms with van der Waals surface area (Å²) in [5, 5.41) is 12.3. The van der Waals surface area contributed by atoms with Crippen LogP contribution in [0.3, 0.4) is 0 Å². The van der Waals surface area contributed by atoms with Crippen molar-refractivity contribution < 1.29 is 19.4 Å². The van der Waals surface area contributed by atoms with E-state index in [1.165, 1.54) is 0 Å². The quantitative estimate of drug-likeness (QED) is 0.559. The van der Waals surface area contributed by atoms with Crippen LogP contribution in [0, 0.1) is 20.8 Å². The van der Waals surface area contributed by atoms with E-state index in [1.807, 2.05) is 63.2 Å². The molecule has 3 aromatic rings. The second kappa shape index (κ2) is 8.82. The molecule has 0 aromatic heterocycles. The van der Waals surface area contributed by atoms with E-state index in [1.54, 1.807) is 19.1 Å². The Hall–Kier alpha value is -3.60. The molecule has 0 heterocycles. The number of aromatic carboxylic acids is 1. The molecule has 3 aromatic carbocycles. The lowest BCUT2D eigenvalue weighted by molar-refractivity contribution is 0.0695. The second-order valence-electron chi connectivity index (χ2n) is 7.18. The van der Waals surface area contributed by atoms with Crippen molar-refractivity contribution in [3.05, 3.63) is 82.4 Å². The molecule has 5 nitrogen and oxygen atoms in total. The lowest BCUT2D eigenvalue weighted by Crippen LogP contribution is -2.16. The van der Waals surface area contributed by atoms with E-state index in [0.717, 1.165) is 28.0 Å². The Bertz CT molecular complexity index is 1120. The summed E-state index contributed by atoms with van der Waals surface area (Å²) in [6.07, 6.45) is 0. The summed E-state index contributed by atoms with van der Waals surface area (Å²) in [6, 6.07) is 16.7. The number of hydrogen-bond donors (Lipinski definition) is 2. The van der Waals surface area contributed by atoms with Crippen molar-refractivity contribution in [2.75, 3.05) is 11.9 Å². The summed E-state index contributed by atoms with van der Waals surface area (Å²) in [4.78, 5) is 24.5. The molecule has 0 fully saturated rings. The molecule has 3 rings (SSSR count). The van der Waals surface area contributed by atoms with Crippen LogP contribution in [0.5, 0.6) is 5.75 Å². The summed E-state index contributed by atoms with van der Waals surface area (Å²) in [5.41, 5.74) is 5.28. The first kappa shape index (κ1) is 21.1. The molecule has 0 saturated carbocycles. The van der Waals surface area contributed by atoms with Gasteiger partial charge in [0.05, 0.1) is 12.2 Å². The number of carbonyl (C=O) groups excluding carboxylic acids is 1. The van der Waals surface area contributed by atoms with Gasteiger partial charge in [-0.15, -0.1) is 0 Å². The molecule has 0 unspecified atom stereocenters. The standard InChI is InChI=1S/C25H25NO4/c1-5-30-20-8-6-7-18(13-20)19-11-9-15(2)22(14-19)24(27)26-23-16(3)10-12-21(17(23)4)25(28)29/h6-14H,5H2,1-4H3,(H,26,27)(H,28,29). The van der Waals surface area contributed by atoms with Gasteiger partial charge in [0.2, 0.25) is 0 Å². The average molecular weight is 403 g/mol. The Morgan fingerprint density at radius 1 is 0.900 bits per heavy atom. The van der Waals surface area contributed by atoms with Crippen molar-refractivity contribution in [2.45, 2.75) is 27.7 Å². The van der Waals surface area contributed by atoms with Gasteiger partial charge in [-0.1, -0.05) is 30.3 Å². The van der Waals surface area contributed by atoms with Crippen LogP contribution in [0.1, 0.15) is 44.3 Å². The molecule has 154 valence electrons. The molecule has 0 radical (unpaired) electrons. The van der Waals surface area contributed by atoms with Gasteiger partial charge in [-0.05, 0) is 79.8 Å². The van der Waals surface area contributed by atoms with Crippen molar-refractivity contribution in [3.63, 3.8) is 0 Å². The van der Waals surface area contributed by atoms with Gasteiger partial charge in [0, 0.05) is 11.3 Å². The minimum Gasteiger partial charge on any atom is -0.494 e. The summed E-state index contributed by atoms with van der Waals surface area (Å²) in [7, 11) is 0. The molecule has 0 aliphatic heterocycles. The van der Waals surface area contributed by atoms with E-state index in [-0.39, 0.29) is 11.5 Å². The van der Waals surface area contributed by atoms with Gasteiger partial charge < -0.3 is 15.2 Å². The number of benzene rings is 3. The molecule has 0 aliphatic rings. The Kier molecular flexibility index (Phi) is 6.21. The molecule has 0 atom stereocenters. The van der Waals surface area contributed by atoms with Gasteiger partial charge in [-0.3, -0.25) is 4.79 Å². The number of nitrogens with one attached hydrogen (secondary N) is 1. The van der Waals surface area contributed by atoms with Gasteiger partial charge in [0.1, 0.15) is 5.75 Å². The zero-order valence-electron chi connectivity index (χ0n) is 17.6. The lowest BCUT2D eigenvalue weighted by Gasteiger charge is -2.15. The fourth-order valence-electron chi connectivity index (χ4n) is 3.43. The van der Waals surface area contributed by atoms with Crippen molar-refractivity contribution in [1.29, 1.82) is 0 Å². The molecule has 0 saturated heterocycles. The van der Waals surface area contributed by atoms with Crippen molar-refractivity contribution in [1.82, 2.24) is 0 Å². The van der Waals surface area contributed by atoms with E-state index in [0.29, 0.717) is 23.4 Å². The van der Waals surface area contributed by atoms with Crippen LogP contribution in [0.25, 0.3) is 11.1 Å². The zero-order valence-corrected chi connectivity index (χ0v) is 17.6. The van der Waals surface area contributed by atoms with Crippen LogP contribution < -0.4 is 10.1 Å². The highest BCUT2D eigenvalue weighted by Gasteiger charge is 2.17. The van der Waals surface area contributed by atoms with Gasteiger partial charge in [-0.25, -0.2) is 4.79 Å². The molecule has 0 aliphatic carbocycles. The SMILES string of the molecule is CCOc1cccc(-c2ccc(C)c(C(=O)Nc3c(C)ccc(C(=O)O)c3C)c2)c1. The summed E-state index contributed by atoms with van der Waals surface area (Å²) < 4.78 is 5.58.